The molecule has 4 nitrogen and oxygen atoms in total. The number of hydrogen-bond donors (Lipinski definition) is 0. The van der Waals surface area contributed by atoms with Crippen molar-refractivity contribution >= 4 is 23.5 Å². The van der Waals surface area contributed by atoms with Gasteiger partial charge in [-0.05, 0) is 61.6 Å². The van der Waals surface area contributed by atoms with Crippen LogP contribution in [-0.2, 0) is 25.6 Å². The van der Waals surface area contributed by atoms with Gasteiger partial charge in [0, 0.05) is 23.2 Å². The number of alkyl halides is 3. The Balaban J connectivity index is 1.24. The maximum Gasteiger partial charge on any atom is 0.416 e. The second-order valence-corrected chi connectivity index (χ2v) is 8.79. The van der Waals surface area contributed by atoms with Crippen molar-refractivity contribution in [2.24, 2.45) is 0 Å². The molecule has 182 valence electrons. The van der Waals surface area contributed by atoms with Gasteiger partial charge in [0.25, 0.3) is 0 Å². The Kier molecular flexibility index (Phi) is 7.97. The number of unbranched alkanes of at least 4 members (excludes halogenated alkanes) is 1. The van der Waals surface area contributed by atoms with Gasteiger partial charge < -0.3 is 9.15 Å². The summed E-state index contributed by atoms with van der Waals surface area (Å²) in [4.78, 5) is 8.52. The van der Waals surface area contributed by atoms with E-state index in [1.165, 1.54) is 29.0 Å². The molecular formula is C26H22F4N2O2S. The first-order valence-electron chi connectivity index (χ1n) is 11.0. The number of halogens is 4. The minimum absolute atomic E-state index is 0.00252. The molecule has 0 aliphatic rings. The van der Waals surface area contributed by atoms with Crippen LogP contribution in [0.15, 0.2) is 64.7 Å². The summed E-state index contributed by atoms with van der Waals surface area (Å²) in [6.07, 6.45) is 5.53. The Bertz CT molecular complexity index is 1250. The van der Waals surface area contributed by atoms with Gasteiger partial charge in [0.15, 0.2) is 0 Å². The van der Waals surface area contributed by atoms with Gasteiger partial charge in [0.05, 0.1) is 10.6 Å². The standard InChI is InChI=1S/C26H22F4N2O2S/c27-23-15-20(26(28,29)30)9-7-19(23)8-12-24-32-21(17-34-24)16-33-22-10-5-18(6-11-22)3-1-2-4-25-31-13-14-35-25/h5-15,17H,1-4,16H2/b12-8+. The molecule has 4 rings (SSSR count). The van der Waals surface area contributed by atoms with Crippen LogP contribution in [0.2, 0.25) is 0 Å². The Morgan fingerprint density at radius 3 is 2.51 bits per heavy atom. The highest BCUT2D eigenvalue weighted by atomic mass is 32.1. The van der Waals surface area contributed by atoms with Gasteiger partial charge >= 0.3 is 6.18 Å². The topological polar surface area (TPSA) is 48.2 Å². The van der Waals surface area contributed by atoms with E-state index in [4.69, 9.17) is 9.15 Å². The quantitative estimate of drug-likeness (QED) is 0.165. The lowest BCUT2D eigenvalue weighted by atomic mass is 10.1. The zero-order valence-electron chi connectivity index (χ0n) is 18.6. The number of benzene rings is 2. The Hall–Kier alpha value is -3.46. The molecule has 4 aromatic rings. The van der Waals surface area contributed by atoms with Gasteiger partial charge in [0.1, 0.15) is 30.1 Å². The second-order valence-electron chi connectivity index (χ2n) is 7.81. The summed E-state index contributed by atoms with van der Waals surface area (Å²) in [6, 6.07) is 10.2. The van der Waals surface area contributed by atoms with Crippen LogP contribution in [0.4, 0.5) is 17.6 Å². The van der Waals surface area contributed by atoms with E-state index in [1.807, 2.05) is 35.8 Å². The molecule has 2 heterocycles. The number of hydrogen-bond acceptors (Lipinski definition) is 5. The molecule has 0 amide bonds. The maximum absolute atomic E-state index is 13.9. The third-order valence-corrected chi connectivity index (χ3v) is 6.04. The van der Waals surface area contributed by atoms with E-state index in [0.29, 0.717) is 17.5 Å². The van der Waals surface area contributed by atoms with E-state index < -0.39 is 17.6 Å². The average Bonchev–Trinajstić information content (AvgIpc) is 3.52. The number of nitrogens with zero attached hydrogens (tertiary/aromatic N) is 2. The van der Waals surface area contributed by atoms with Crippen molar-refractivity contribution in [1.82, 2.24) is 9.97 Å². The normalized spacial score (nSPS) is 11.9. The first kappa shape index (κ1) is 24.7. The number of rotatable bonds is 10. The first-order valence-corrected chi connectivity index (χ1v) is 11.8. The molecule has 0 saturated carbocycles. The molecule has 35 heavy (non-hydrogen) atoms. The lowest BCUT2D eigenvalue weighted by molar-refractivity contribution is -0.137. The van der Waals surface area contributed by atoms with E-state index in [9.17, 15) is 17.6 Å². The van der Waals surface area contributed by atoms with Crippen LogP contribution in [0.1, 0.15) is 46.1 Å². The summed E-state index contributed by atoms with van der Waals surface area (Å²) in [5.41, 5.74) is 0.726. The highest BCUT2D eigenvalue weighted by Gasteiger charge is 2.30. The van der Waals surface area contributed by atoms with E-state index in [2.05, 4.69) is 9.97 Å². The van der Waals surface area contributed by atoms with Gasteiger partial charge in [-0.2, -0.15) is 13.2 Å². The molecule has 0 aliphatic carbocycles. The molecule has 0 atom stereocenters. The monoisotopic (exact) mass is 502 g/mol. The van der Waals surface area contributed by atoms with E-state index >= 15 is 0 Å². The van der Waals surface area contributed by atoms with Gasteiger partial charge in [-0.3, -0.25) is 0 Å². The summed E-state index contributed by atoms with van der Waals surface area (Å²) < 4.78 is 63.0. The van der Waals surface area contributed by atoms with Crippen molar-refractivity contribution in [2.45, 2.75) is 38.5 Å². The average molecular weight is 503 g/mol. The predicted octanol–water partition coefficient (Wildman–Crippen LogP) is 7.60. The zero-order valence-corrected chi connectivity index (χ0v) is 19.4. The largest absolute Gasteiger partial charge is 0.487 e. The Morgan fingerprint density at radius 1 is 1.00 bits per heavy atom. The third-order valence-electron chi connectivity index (χ3n) is 5.20. The van der Waals surface area contributed by atoms with Gasteiger partial charge in [-0.1, -0.05) is 18.2 Å². The lowest BCUT2D eigenvalue weighted by Gasteiger charge is -2.07. The van der Waals surface area contributed by atoms with Crippen molar-refractivity contribution in [2.75, 3.05) is 0 Å². The molecule has 9 heteroatoms. The smallest absolute Gasteiger partial charge is 0.416 e. The van der Waals surface area contributed by atoms with Crippen LogP contribution < -0.4 is 4.74 Å². The van der Waals surface area contributed by atoms with E-state index in [0.717, 1.165) is 37.8 Å². The summed E-state index contributed by atoms with van der Waals surface area (Å²) in [5.74, 6) is -0.0893. The minimum Gasteiger partial charge on any atom is -0.487 e. The van der Waals surface area contributed by atoms with Crippen molar-refractivity contribution in [3.8, 4) is 5.75 Å². The predicted molar refractivity (Wildman–Crippen MR) is 126 cm³/mol. The molecule has 2 aromatic heterocycles. The summed E-state index contributed by atoms with van der Waals surface area (Å²) in [5, 5.41) is 3.17. The summed E-state index contributed by atoms with van der Waals surface area (Å²) in [6.45, 7) is 0.180. The molecule has 0 aliphatic heterocycles. The Labute approximate surface area is 203 Å². The first-order chi connectivity index (χ1) is 16.9. The van der Waals surface area contributed by atoms with Crippen molar-refractivity contribution in [3.05, 3.63) is 99.4 Å². The van der Waals surface area contributed by atoms with Crippen LogP contribution in [0, 0.1) is 5.82 Å². The zero-order chi connectivity index (χ0) is 24.7. The van der Waals surface area contributed by atoms with Crippen molar-refractivity contribution < 1.29 is 26.7 Å². The SMILES string of the molecule is Fc1cc(C(F)(F)F)ccc1/C=C/c1nc(COc2ccc(CCCCc3nccs3)cc2)co1. The van der Waals surface area contributed by atoms with E-state index in [1.54, 1.807) is 11.3 Å². The molecule has 0 saturated heterocycles. The van der Waals surface area contributed by atoms with Crippen LogP contribution >= 0.6 is 11.3 Å². The molecule has 0 spiro atoms. The molecule has 0 bridgehead atoms. The van der Waals surface area contributed by atoms with Crippen LogP contribution in [0.3, 0.4) is 0 Å². The third kappa shape index (κ3) is 7.26. The molecule has 0 radical (unpaired) electrons. The highest BCUT2D eigenvalue weighted by molar-refractivity contribution is 7.09. The van der Waals surface area contributed by atoms with Crippen molar-refractivity contribution in [1.29, 1.82) is 0 Å². The van der Waals surface area contributed by atoms with E-state index in [-0.39, 0.29) is 18.1 Å². The highest BCUT2D eigenvalue weighted by Crippen LogP contribution is 2.30. The summed E-state index contributed by atoms with van der Waals surface area (Å²) in [7, 11) is 0. The molecule has 0 fully saturated rings. The van der Waals surface area contributed by atoms with Gasteiger partial charge in [-0.15, -0.1) is 11.3 Å². The number of thiazole rings is 1. The fraction of sp³-hybridized carbons (Fsp3) is 0.231. The van der Waals surface area contributed by atoms with Crippen LogP contribution in [0.25, 0.3) is 12.2 Å². The maximum atomic E-state index is 13.9. The molecular weight excluding hydrogens is 480 g/mol. The van der Waals surface area contributed by atoms with Crippen molar-refractivity contribution in [3.63, 3.8) is 0 Å². The van der Waals surface area contributed by atoms with Crippen LogP contribution in [-0.4, -0.2) is 9.97 Å². The molecule has 0 unspecified atom stereocenters. The number of aromatic nitrogens is 2. The van der Waals surface area contributed by atoms with Gasteiger partial charge in [-0.25, -0.2) is 14.4 Å². The lowest BCUT2D eigenvalue weighted by Crippen LogP contribution is -2.05. The molecule has 2 aromatic carbocycles. The number of oxazole rings is 1. The second kappa shape index (κ2) is 11.3. The molecule has 0 N–H and O–H groups in total. The number of aryl methyl sites for hydroxylation is 2. The summed E-state index contributed by atoms with van der Waals surface area (Å²) >= 11 is 1.69. The Morgan fingerprint density at radius 2 is 1.80 bits per heavy atom. The minimum atomic E-state index is -4.59. The fourth-order valence-electron chi connectivity index (χ4n) is 3.36. The number of ether oxygens (including phenoxy) is 1. The van der Waals surface area contributed by atoms with Crippen LogP contribution in [0.5, 0.6) is 5.75 Å². The fourth-order valence-corrected chi connectivity index (χ4v) is 4.02. The van der Waals surface area contributed by atoms with Gasteiger partial charge in [0.2, 0.25) is 5.89 Å².